The van der Waals surface area contributed by atoms with Gasteiger partial charge in [-0.05, 0) is 103 Å². The lowest BCUT2D eigenvalue weighted by Crippen LogP contribution is -2.41. The van der Waals surface area contributed by atoms with Crippen LogP contribution in [0.1, 0.15) is 141 Å². The zero-order chi connectivity index (χ0) is 28.0. The molecule has 8 nitrogen and oxygen atoms in total. The van der Waals surface area contributed by atoms with Crippen molar-refractivity contribution in [3.05, 3.63) is 0 Å². The van der Waals surface area contributed by atoms with E-state index >= 15 is 0 Å². The highest BCUT2D eigenvalue weighted by Gasteiger charge is 2.61. The molecule has 0 unspecified atom stereocenters. The topological polar surface area (TPSA) is 98.9 Å². The summed E-state index contributed by atoms with van der Waals surface area (Å²) >= 11 is 8.41. The molecule has 5 saturated carbocycles. The number of thioether (sulfide) groups is 4. The minimum absolute atomic E-state index is 0.00811. The van der Waals surface area contributed by atoms with Crippen LogP contribution in [0.5, 0.6) is 0 Å². The summed E-state index contributed by atoms with van der Waals surface area (Å²) in [5.74, 6) is 0. The average molecular weight is 645 g/mol. The zero-order valence-corrected chi connectivity index (χ0v) is 28.0. The molecule has 9 aliphatic rings. The van der Waals surface area contributed by atoms with Crippen molar-refractivity contribution in [1.82, 2.24) is 0 Å². The Morgan fingerprint density at radius 2 is 0.381 bits per heavy atom. The Kier molecular flexibility index (Phi) is 6.45. The normalized spacial score (nSPS) is 49.9. The third-order valence-corrected chi connectivity index (χ3v) is 18.8. The lowest BCUT2D eigenvalue weighted by atomic mass is 9.91. The van der Waals surface area contributed by atoms with Crippen LogP contribution >= 0.6 is 47.0 Å². The van der Waals surface area contributed by atoms with E-state index in [1.54, 1.807) is 0 Å². The first kappa shape index (κ1) is 28.1. The molecule has 0 bridgehead atoms. The molecule has 0 N–H and O–H groups in total. The van der Waals surface area contributed by atoms with Crippen LogP contribution in [0.25, 0.3) is 0 Å². The van der Waals surface area contributed by atoms with Crippen LogP contribution in [0.4, 0.5) is 0 Å². The molecule has 0 aromatic rings. The highest BCUT2D eigenvalue weighted by atomic mass is 32.2. The molecule has 0 saturated heterocycles. The van der Waals surface area contributed by atoms with Crippen molar-refractivity contribution in [2.45, 2.75) is 180 Å². The molecule has 12 heteroatoms. The zero-order valence-electron chi connectivity index (χ0n) is 24.8. The van der Waals surface area contributed by atoms with Gasteiger partial charge < -0.3 is 0 Å². The molecule has 0 aromatic carbocycles. The van der Waals surface area contributed by atoms with Crippen molar-refractivity contribution in [2.24, 2.45) is 40.9 Å². The van der Waals surface area contributed by atoms with E-state index in [9.17, 15) is 0 Å². The van der Waals surface area contributed by atoms with E-state index in [1.807, 2.05) is 0 Å². The van der Waals surface area contributed by atoms with E-state index in [0.29, 0.717) is 0 Å². The van der Waals surface area contributed by atoms with Gasteiger partial charge in [0.05, 0.1) is 0 Å². The monoisotopic (exact) mass is 644 g/mol. The van der Waals surface area contributed by atoms with E-state index in [1.165, 1.54) is 64.2 Å². The van der Waals surface area contributed by atoms with Crippen LogP contribution < -0.4 is 0 Å². The molecular weight excluding hydrogens is 601 g/mol. The summed E-state index contributed by atoms with van der Waals surface area (Å²) in [5, 5.41) is 40.0. The van der Waals surface area contributed by atoms with Gasteiger partial charge in [-0.3, -0.25) is 0 Å². The maximum atomic E-state index is 5.07. The van der Waals surface area contributed by atoms with Gasteiger partial charge >= 0.3 is 0 Å². The molecule has 5 aliphatic carbocycles. The van der Waals surface area contributed by atoms with Gasteiger partial charge in [-0.25, -0.2) is 0 Å². The van der Waals surface area contributed by atoms with Crippen LogP contribution in [0.2, 0.25) is 0 Å². The summed E-state index contributed by atoms with van der Waals surface area (Å²) in [6.45, 7) is 0. The second-order valence-electron chi connectivity index (χ2n) is 14.9. The fraction of sp³-hybridized carbons (Fsp3) is 1.00. The molecule has 9 rings (SSSR count). The van der Waals surface area contributed by atoms with Crippen molar-refractivity contribution in [3.8, 4) is 0 Å². The number of hydrogen-bond acceptors (Lipinski definition) is 12. The van der Waals surface area contributed by atoms with E-state index in [2.05, 4.69) is 47.0 Å². The minimum atomic E-state index is -0.0532. The summed E-state index contributed by atoms with van der Waals surface area (Å²) in [7, 11) is 0. The second kappa shape index (κ2) is 9.66. The van der Waals surface area contributed by atoms with Crippen LogP contribution in [-0.4, -0.2) is 39.0 Å². The van der Waals surface area contributed by atoms with Crippen LogP contribution in [0.3, 0.4) is 0 Å². The van der Waals surface area contributed by atoms with Crippen LogP contribution in [0.15, 0.2) is 40.9 Å². The third-order valence-electron chi connectivity index (χ3n) is 11.9. The number of nitrogens with zero attached hydrogens (tertiary/aromatic N) is 8. The third kappa shape index (κ3) is 4.63. The molecule has 4 aliphatic heterocycles. The Morgan fingerprint density at radius 3 is 0.571 bits per heavy atom. The van der Waals surface area contributed by atoms with Crippen molar-refractivity contribution in [1.29, 1.82) is 0 Å². The summed E-state index contributed by atoms with van der Waals surface area (Å²) in [5.41, 5.74) is 0. The Morgan fingerprint density at radius 1 is 0.214 bits per heavy atom. The molecule has 0 aromatic heterocycles. The molecule has 0 radical (unpaired) electrons. The van der Waals surface area contributed by atoms with Gasteiger partial charge in [-0.15, -0.1) is 0 Å². The molecule has 0 atom stereocenters. The largest absolute Gasteiger partial charge is 0.175 e. The van der Waals surface area contributed by atoms with E-state index in [0.717, 1.165) is 77.0 Å². The van der Waals surface area contributed by atoms with Crippen molar-refractivity contribution in [3.63, 3.8) is 0 Å². The molecular formula is C30H44N8S4. The Labute approximate surface area is 267 Å². The Hall–Kier alpha value is -0.200. The molecule has 8 spiro atoms. The van der Waals surface area contributed by atoms with Gasteiger partial charge in [-0.2, -0.15) is 40.9 Å². The first-order valence-electron chi connectivity index (χ1n) is 16.9. The summed E-state index contributed by atoms with van der Waals surface area (Å²) in [4.78, 5) is 0.00887. The van der Waals surface area contributed by atoms with Crippen molar-refractivity contribution in [2.75, 3.05) is 0 Å². The predicted octanol–water partition coefficient (Wildman–Crippen LogP) is 11.0. The molecule has 5 fully saturated rings. The average Bonchev–Trinajstić information content (AvgIpc) is 3.75. The van der Waals surface area contributed by atoms with Gasteiger partial charge in [0.1, 0.15) is 39.0 Å². The first-order chi connectivity index (χ1) is 20.3. The Bertz CT molecular complexity index is 1120. The lowest BCUT2D eigenvalue weighted by Gasteiger charge is -2.43. The predicted molar refractivity (Wildman–Crippen MR) is 173 cm³/mol. The summed E-state index contributed by atoms with van der Waals surface area (Å²) in [6.07, 6.45) is 25.9. The van der Waals surface area contributed by atoms with Gasteiger partial charge in [-0.1, -0.05) is 85.6 Å². The van der Waals surface area contributed by atoms with Crippen LogP contribution in [-0.2, 0) is 0 Å². The number of hydrogen-bond donors (Lipinski definition) is 0. The SMILES string of the molecule is C1CCC2(CC1)N=NC1(CCC3(CC1)N=NC1(CCC4(CC1)N=NC1(CCC5(CC1)N=NC1(CCCCC1)S5)S4)S3)S2. The smallest absolute Gasteiger partial charge is 0.129 e. The quantitative estimate of drug-likeness (QED) is 0.262. The van der Waals surface area contributed by atoms with Gasteiger partial charge in [0.2, 0.25) is 0 Å². The van der Waals surface area contributed by atoms with Crippen molar-refractivity contribution < 1.29 is 0 Å². The van der Waals surface area contributed by atoms with E-state index < -0.39 is 0 Å². The van der Waals surface area contributed by atoms with Crippen molar-refractivity contribution >= 4 is 47.0 Å². The highest BCUT2D eigenvalue weighted by Crippen LogP contribution is 2.68. The molecule has 4 heterocycles. The van der Waals surface area contributed by atoms with Crippen LogP contribution in [0, 0.1) is 0 Å². The summed E-state index contributed by atoms with van der Waals surface area (Å²) < 4.78 is 0. The lowest BCUT2D eigenvalue weighted by molar-refractivity contribution is 0.327. The van der Waals surface area contributed by atoms with E-state index in [4.69, 9.17) is 40.9 Å². The maximum Gasteiger partial charge on any atom is 0.129 e. The summed E-state index contributed by atoms with van der Waals surface area (Å²) in [6, 6.07) is 0. The fourth-order valence-corrected chi connectivity index (χ4v) is 16.1. The van der Waals surface area contributed by atoms with Gasteiger partial charge in [0.25, 0.3) is 0 Å². The van der Waals surface area contributed by atoms with Gasteiger partial charge in [0, 0.05) is 0 Å². The number of rotatable bonds is 0. The highest BCUT2D eigenvalue weighted by molar-refractivity contribution is 8.03. The molecule has 228 valence electrons. The number of azo groups is 4. The molecule has 0 amide bonds. The molecule has 42 heavy (non-hydrogen) atoms. The maximum absolute atomic E-state index is 5.07. The standard InChI is InChI=1S/C30H44N8S4/c1-3-7-23(8-4-1)31-33-25(39-23)11-15-27(16-12-25)35-37-29(41-27)19-21-30(22-20-29)38-36-28(42-30)17-13-26(14-18-28)34-32-24(40-26)9-5-2-6-10-24/h1-22H2. The van der Waals surface area contributed by atoms with Gasteiger partial charge in [0.15, 0.2) is 0 Å². The first-order valence-corrected chi connectivity index (χ1v) is 20.1. The minimum Gasteiger partial charge on any atom is -0.175 e. The van der Waals surface area contributed by atoms with E-state index in [-0.39, 0.29) is 39.0 Å². The second-order valence-corrected chi connectivity index (χ2v) is 21.8. The Balaban J connectivity index is 0.794. The fourth-order valence-electron chi connectivity index (χ4n) is 9.23.